The third kappa shape index (κ3) is 3.65. The molecule has 4 saturated heterocycles. The lowest BCUT2D eigenvalue weighted by atomic mass is 10.1. The number of fused-ring (bicyclic) bond motifs is 4. The number of hydrogen-bond acceptors (Lipinski definition) is 8. The summed E-state index contributed by atoms with van der Waals surface area (Å²) >= 11 is 0. The molecule has 0 spiro atoms. The number of alkyl halides is 2. The van der Waals surface area contributed by atoms with Crippen molar-refractivity contribution in [3.05, 3.63) is 23.8 Å². The third-order valence-corrected chi connectivity index (χ3v) is 6.82. The lowest BCUT2D eigenvalue weighted by molar-refractivity contribution is 0.0293. The molecule has 4 bridgehead atoms. The van der Waals surface area contributed by atoms with E-state index in [4.69, 9.17) is 20.2 Å². The number of nitrogen functional groups attached to an aromatic ring is 1. The molecule has 0 amide bonds. The highest BCUT2D eigenvalue weighted by Crippen LogP contribution is 2.35. The van der Waals surface area contributed by atoms with E-state index < -0.39 is 6.43 Å². The smallest absolute Gasteiger partial charge is 0.264 e. The van der Waals surface area contributed by atoms with Gasteiger partial charge in [-0.2, -0.15) is 15.0 Å². The minimum atomic E-state index is -2.68. The summed E-state index contributed by atoms with van der Waals surface area (Å²) in [7, 11) is 0. The van der Waals surface area contributed by atoms with Crippen LogP contribution >= 0.6 is 0 Å². The normalized spacial score (nSPS) is 29.2. The van der Waals surface area contributed by atoms with Gasteiger partial charge >= 0.3 is 0 Å². The Kier molecular flexibility index (Phi) is 4.87. The first-order chi connectivity index (χ1) is 15.5. The predicted molar refractivity (Wildman–Crippen MR) is 115 cm³/mol. The van der Waals surface area contributed by atoms with E-state index in [9.17, 15) is 8.78 Å². The highest BCUT2D eigenvalue weighted by Gasteiger charge is 2.37. The van der Waals surface area contributed by atoms with Crippen LogP contribution in [0.25, 0.3) is 11.4 Å². The maximum absolute atomic E-state index is 13.8. The van der Waals surface area contributed by atoms with E-state index in [0.717, 1.165) is 25.7 Å². The Balaban J connectivity index is 1.43. The van der Waals surface area contributed by atoms with E-state index in [2.05, 4.69) is 19.8 Å². The van der Waals surface area contributed by atoms with Crippen LogP contribution in [0.4, 0.5) is 26.4 Å². The molecule has 2 N–H and O–H groups in total. The first-order valence-corrected chi connectivity index (χ1v) is 11.3. The van der Waals surface area contributed by atoms with E-state index in [-0.39, 0.29) is 47.1 Å². The molecule has 2 aromatic rings. The molecule has 6 rings (SSSR count). The zero-order valence-electron chi connectivity index (χ0n) is 17.7. The molecule has 4 aliphatic heterocycles. The van der Waals surface area contributed by atoms with Crippen LogP contribution in [0.15, 0.2) is 18.2 Å². The van der Waals surface area contributed by atoms with E-state index in [1.54, 1.807) is 12.1 Å². The van der Waals surface area contributed by atoms with Crippen LogP contribution in [-0.2, 0) is 9.47 Å². The molecule has 1 aromatic carbocycles. The summed E-state index contributed by atoms with van der Waals surface area (Å²) in [5, 5.41) is 0. The van der Waals surface area contributed by atoms with E-state index in [1.807, 2.05) is 0 Å². The van der Waals surface area contributed by atoms with Crippen molar-refractivity contribution in [3.8, 4) is 11.4 Å². The van der Waals surface area contributed by atoms with Crippen molar-refractivity contribution in [2.24, 2.45) is 0 Å². The van der Waals surface area contributed by atoms with Crippen LogP contribution in [-0.4, -0.2) is 65.5 Å². The van der Waals surface area contributed by atoms with Crippen LogP contribution in [0.1, 0.15) is 37.7 Å². The van der Waals surface area contributed by atoms with Crippen molar-refractivity contribution in [3.63, 3.8) is 0 Å². The second kappa shape index (κ2) is 7.77. The fourth-order valence-corrected chi connectivity index (χ4v) is 5.28. The highest BCUT2D eigenvalue weighted by molar-refractivity contribution is 5.66. The largest absolute Gasteiger partial charge is 0.399 e. The predicted octanol–water partition coefficient (Wildman–Crippen LogP) is 2.79. The Hall–Kier alpha value is -2.59. The maximum Gasteiger partial charge on any atom is 0.264 e. The lowest BCUT2D eigenvalue weighted by Gasteiger charge is -2.34. The number of ether oxygens (including phenoxy) is 2. The summed E-state index contributed by atoms with van der Waals surface area (Å²) in [4.78, 5) is 18.3. The van der Waals surface area contributed by atoms with Gasteiger partial charge in [0.05, 0.1) is 24.4 Å². The first-order valence-electron chi connectivity index (χ1n) is 11.3. The van der Waals surface area contributed by atoms with Gasteiger partial charge in [-0.15, -0.1) is 0 Å². The number of halogens is 2. The summed E-state index contributed by atoms with van der Waals surface area (Å²) in [6.45, 7) is 2.77. The minimum absolute atomic E-state index is 0.157. The lowest BCUT2D eigenvalue weighted by Crippen LogP contribution is -2.45. The van der Waals surface area contributed by atoms with E-state index in [1.165, 1.54) is 6.07 Å². The molecule has 0 radical (unpaired) electrons. The molecule has 8 nitrogen and oxygen atoms in total. The van der Waals surface area contributed by atoms with Gasteiger partial charge in [-0.1, -0.05) is 0 Å². The van der Waals surface area contributed by atoms with E-state index in [0.29, 0.717) is 38.1 Å². The van der Waals surface area contributed by atoms with Gasteiger partial charge in [-0.05, 0) is 43.9 Å². The Labute approximate surface area is 184 Å². The Bertz CT molecular complexity index is 952. The van der Waals surface area contributed by atoms with Crippen LogP contribution < -0.4 is 15.5 Å². The van der Waals surface area contributed by atoms with Gasteiger partial charge in [0.25, 0.3) is 6.43 Å². The van der Waals surface area contributed by atoms with Crippen LogP contribution in [0.3, 0.4) is 0 Å². The summed E-state index contributed by atoms with van der Waals surface area (Å²) in [5.74, 6) is 1.28. The number of aromatic nitrogens is 3. The molecule has 4 fully saturated rings. The van der Waals surface area contributed by atoms with Crippen LogP contribution in [0.5, 0.6) is 0 Å². The van der Waals surface area contributed by atoms with Crippen LogP contribution in [0, 0.1) is 0 Å². The number of anilines is 3. The summed E-state index contributed by atoms with van der Waals surface area (Å²) in [6.07, 6.45) is 2.02. The van der Waals surface area contributed by atoms with Crippen molar-refractivity contribution in [2.45, 2.75) is 56.5 Å². The van der Waals surface area contributed by atoms with Gasteiger partial charge < -0.3 is 25.0 Å². The number of nitrogens with zero attached hydrogens (tertiary/aromatic N) is 5. The molecule has 1 aromatic heterocycles. The third-order valence-electron chi connectivity index (χ3n) is 6.82. The number of hydrogen-bond donors (Lipinski definition) is 1. The van der Waals surface area contributed by atoms with Gasteiger partial charge in [-0.25, -0.2) is 8.78 Å². The van der Waals surface area contributed by atoms with Crippen molar-refractivity contribution < 1.29 is 18.3 Å². The molecule has 0 saturated carbocycles. The van der Waals surface area contributed by atoms with E-state index >= 15 is 0 Å². The summed E-state index contributed by atoms with van der Waals surface area (Å²) in [5.41, 5.74) is 6.18. The fraction of sp³-hybridized carbons (Fsp3) is 0.591. The SMILES string of the molecule is Nc1ccc(-c2nc(N3CC4CCC(C3)O4)nc(N3CC4CCC(C3)O4)n2)c(C(F)F)c1. The summed E-state index contributed by atoms with van der Waals surface area (Å²) in [6, 6.07) is 4.48. The second-order valence-corrected chi connectivity index (χ2v) is 9.13. The number of benzene rings is 1. The highest BCUT2D eigenvalue weighted by atomic mass is 19.3. The molecular weight excluding hydrogens is 418 g/mol. The topological polar surface area (TPSA) is 89.6 Å². The minimum Gasteiger partial charge on any atom is -0.399 e. The molecule has 4 aliphatic rings. The molecule has 32 heavy (non-hydrogen) atoms. The molecule has 5 heterocycles. The number of morpholine rings is 2. The van der Waals surface area contributed by atoms with Gasteiger partial charge in [-0.3, -0.25) is 0 Å². The van der Waals surface area contributed by atoms with Gasteiger partial charge in [0.1, 0.15) is 0 Å². The maximum atomic E-state index is 13.8. The quantitative estimate of drug-likeness (QED) is 0.721. The molecule has 10 heteroatoms. The van der Waals surface area contributed by atoms with Gasteiger partial charge in [0, 0.05) is 43.0 Å². The van der Waals surface area contributed by atoms with Crippen LogP contribution in [0.2, 0.25) is 0 Å². The molecule has 4 unspecified atom stereocenters. The van der Waals surface area contributed by atoms with Gasteiger partial charge in [0.15, 0.2) is 5.82 Å². The van der Waals surface area contributed by atoms with Crippen molar-refractivity contribution in [1.82, 2.24) is 15.0 Å². The van der Waals surface area contributed by atoms with Crippen molar-refractivity contribution >= 4 is 17.6 Å². The molecular formula is C22H26F2N6O2. The molecule has 0 aliphatic carbocycles. The standard InChI is InChI=1S/C22H26F2N6O2/c23-19(24)18-7-12(25)1-6-17(18)20-26-21(29-8-13-2-3-14(9-29)31-13)28-22(27-20)30-10-15-4-5-16(11-30)32-15/h1,6-7,13-16,19H,2-5,8-11,25H2. The average molecular weight is 444 g/mol. The zero-order valence-corrected chi connectivity index (χ0v) is 17.7. The monoisotopic (exact) mass is 444 g/mol. The summed E-state index contributed by atoms with van der Waals surface area (Å²) < 4.78 is 39.6. The Morgan fingerprint density at radius 3 is 1.78 bits per heavy atom. The Morgan fingerprint density at radius 1 is 0.812 bits per heavy atom. The van der Waals surface area contributed by atoms with Gasteiger partial charge in [0.2, 0.25) is 11.9 Å². The zero-order chi connectivity index (χ0) is 21.8. The first kappa shape index (κ1) is 20.0. The number of rotatable bonds is 4. The molecule has 4 atom stereocenters. The van der Waals surface area contributed by atoms with Crippen molar-refractivity contribution in [1.29, 1.82) is 0 Å². The second-order valence-electron chi connectivity index (χ2n) is 9.13. The fourth-order valence-electron chi connectivity index (χ4n) is 5.28. The van der Waals surface area contributed by atoms with Crippen molar-refractivity contribution in [2.75, 3.05) is 41.7 Å². The molecule has 170 valence electrons. The average Bonchev–Trinajstić information content (AvgIpc) is 3.32. The number of nitrogens with two attached hydrogens (primary N) is 1. The Morgan fingerprint density at radius 2 is 1.31 bits per heavy atom.